The van der Waals surface area contributed by atoms with E-state index in [0.717, 1.165) is 23.2 Å². The number of nitrogens with zero attached hydrogens (tertiary/aromatic N) is 5. The van der Waals surface area contributed by atoms with Gasteiger partial charge in [0.25, 0.3) is 5.56 Å². The number of fused-ring (bicyclic) bond motifs is 1. The van der Waals surface area contributed by atoms with Crippen molar-refractivity contribution in [1.29, 1.82) is 0 Å². The Hall–Kier alpha value is -3.83. The Morgan fingerprint density at radius 1 is 1.12 bits per heavy atom. The highest BCUT2D eigenvalue weighted by atomic mass is 19.4. The molecule has 9 nitrogen and oxygen atoms in total. The molecule has 1 N–H and O–H groups in total. The fraction of sp³-hybridized carbons (Fsp3) is 0.300. The highest BCUT2D eigenvalue weighted by Gasteiger charge is 2.38. The standard InChI is InChI=1S/C18H17N5O2.C2HF3O2/c24-17(22-11-5-9-16(22)15-8-3-4-10-19-15)12-23-18(25)13-6-1-2-7-14(13)20-21-23;3-2(4,5)1(6)7/h1-4,6-8,10,16H,5,9,11-12H2;(H,6,7). The van der Waals surface area contributed by atoms with Crippen molar-refractivity contribution in [2.75, 3.05) is 6.54 Å². The molecule has 1 aliphatic heterocycles. The highest BCUT2D eigenvalue weighted by Crippen LogP contribution is 2.30. The molecule has 1 unspecified atom stereocenters. The van der Waals surface area contributed by atoms with Crippen molar-refractivity contribution in [2.45, 2.75) is 31.6 Å². The lowest BCUT2D eigenvalue weighted by Crippen LogP contribution is -2.37. The Kier molecular flexibility index (Phi) is 6.81. The maximum absolute atomic E-state index is 12.8. The Bertz CT molecular complexity index is 1170. The van der Waals surface area contributed by atoms with E-state index in [-0.39, 0.29) is 24.1 Å². The summed E-state index contributed by atoms with van der Waals surface area (Å²) in [6.45, 7) is 0.551. The third-order valence-electron chi connectivity index (χ3n) is 4.76. The third kappa shape index (κ3) is 5.25. The molecule has 1 aromatic carbocycles. The van der Waals surface area contributed by atoms with Gasteiger partial charge < -0.3 is 10.0 Å². The first kappa shape index (κ1) is 22.8. The number of alkyl halides is 3. The van der Waals surface area contributed by atoms with Gasteiger partial charge in [0.2, 0.25) is 5.91 Å². The number of carboxylic acids is 1. The zero-order valence-electron chi connectivity index (χ0n) is 16.6. The fourth-order valence-corrected chi connectivity index (χ4v) is 3.29. The lowest BCUT2D eigenvalue weighted by Gasteiger charge is -2.24. The van der Waals surface area contributed by atoms with Gasteiger partial charge in [-0.05, 0) is 37.1 Å². The number of carboxylic acid groups (broad SMARTS) is 1. The second-order valence-corrected chi connectivity index (χ2v) is 6.87. The van der Waals surface area contributed by atoms with Gasteiger partial charge >= 0.3 is 12.1 Å². The molecule has 0 radical (unpaired) electrons. The predicted molar refractivity (Wildman–Crippen MR) is 105 cm³/mol. The number of aromatic nitrogens is 4. The van der Waals surface area contributed by atoms with E-state index in [1.54, 1.807) is 35.4 Å². The van der Waals surface area contributed by atoms with Crippen LogP contribution in [0.3, 0.4) is 0 Å². The first-order valence-corrected chi connectivity index (χ1v) is 9.51. The second-order valence-electron chi connectivity index (χ2n) is 6.87. The van der Waals surface area contributed by atoms with Gasteiger partial charge in [0.15, 0.2) is 0 Å². The van der Waals surface area contributed by atoms with Crippen molar-refractivity contribution in [3.63, 3.8) is 0 Å². The molecule has 0 spiro atoms. The molecule has 1 amide bonds. The summed E-state index contributed by atoms with van der Waals surface area (Å²) in [6, 6.07) is 12.7. The minimum Gasteiger partial charge on any atom is -0.475 e. The van der Waals surface area contributed by atoms with Crippen molar-refractivity contribution < 1.29 is 27.9 Å². The molecule has 4 rings (SSSR count). The van der Waals surface area contributed by atoms with E-state index >= 15 is 0 Å². The van der Waals surface area contributed by atoms with Crippen molar-refractivity contribution in [2.24, 2.45) is 0 Å². The maximum Gasteiger partial charge on any atom is 0.490 e. The second kappa shape index (κ2) is 9.54. The highest BCUT2D eigenvalue weighted by molar-refractivity contribution is 5.79. The van der Waals surface area contributed by atoms with Gasteiger partial charge in [-0.2, -0.15) is 13.2 Å². The van der Waals surface area contributed by atoms with Crippen LogP contribution in [0.2, 0.25) is 0 Å². The predicted octanol–water partition coefficient (Wildman–Crippen LogP) is 2.18. The number of halogens is 3. The molecule has 1 atom stereocenters. The van der Waals surface area contributed by atoms with E-state index in [9.17, 15) is 22.8 Å². The summed E-state index contributed by atoms with van der Waals surface area (Å²) in [7, 11) is 0. The van der Waals surface area contributed by atoms with Crippen LogP contribution in [0.15, 0.2) is 53.5 Å². The van der Waals surface area contributed by atoms with E-state index < -0.39 is 12.1 Å². The van der Waals surface area contributed by atoms with Crippen LogP contribution in [0.4, 0.5) is 13.2 Å². The van der Waals surface area contributed by atoms with Gasteiger partial charge in [0.05, 0.1) is 17.1 Å². The van der Waals surface area contributed by atoms with Gasteiger partial charge in [-0.3, -0.25) is 14.6 Å². The normalized spacial score (nSPS) is 15.8. The Labute approximate surface area is 179 Å². The summed E-state index contributed by atoms with van der Waals surface area (Å²) in [6.07, 6.45) is -1.55. The molecule has 32 heavy (non-hydrogen) atoms. The summed E-state index contributed by atoms with van der Waals surface area (Å²) in [5.74, 6) is -2.90. The number of benzene rings is 1. The number of likely N-dealkylation sites (tertiary alicyclic amines) is 1. The molecule has 0 bridgehead atoms. The van der Waals surface area contributed by atoms with Gasteiger partial charge in [0, 0.05) is 12.7 Å². The molecule has 0 saturated carbocycles. The van der Waals surface area contributed by atoms with E-state index in [4.69, 9.17) is 9.90 Å². The van der Waals surface area contributed by atoms with Gasteiger partial charge in [-0.25, -0.2) is 9.48 Å². The van der Waals surface area contributed by atoms with E-state index in [2.05, 4.69) is 15.3 Å². The SMILES string of the molecule is O=C(Cn1nnc2ccccc2c1=O)N1CCCC1c1ccccn1.O=C(O)C(F)(F)F. The van der Waals surface area contributed by atoms with E-state index in [0.29, 0.717) is 17.4 Å². The summed E-state index contributed by atoms with van der Waals surface area (Å²) in [5.41, 5.74) is 1.11. The van der Waals surface area contributed by atoms with Crippen LogP contribution in [-0.2, 0) is 16.1 Å². The number of rotatable bonds is 3. The molecule has 1 fully saturated rings. The minimum atomic E-state index is -5.08. The molecule has 2 aromatic heterocycles. The number of aliphatic carboxylic acids is 1. The largest absolute Gasteiger partial charge is 0.490 e. The molecular formula is C20H18F3N5O4. The van der Waals surface area contributed by atoms with Gasteiger partial charge in [-0.15, -0.1) is 5.10 Å². The molecule has 3 aromatic rings. The van der Waals surface area contributed by atoms with E-state index in [1.165, 1.54) is 0 Å². The maximum atomic E-state index is 12.8. The van der Waals surface area contributed by atoms with Crippen LogP contribution < -0.4 is 5.56 Å². The minimum absolute atomic E-state index is 0.0437. The zero-order valence-corrected chi connectivity index (χ0v) is 16.6. The van der Waals surface area contributed by atoms with Crippen LogP contribution in [-0.4, -0.2) is 54.6 Å². The van der Waals surface area contributed by atoms with E-state index in [1.807, 2.05) is 18.2 Å². The molecular weight excluding hydrogens is 431 g/mol. The van der Waals surface area contributed by atoms with Crippen molar-refractivity contribution in [3.8, 4) is 0 Å². The van der Waals surface area contributed by atoms with Crippen LogP contribution >= 0.6 is 0 Å². The zero-order chi connectivity index (χ0) is 23.3. The van der Waals surface area contributed by atoms with Crippen LogP contribution in [0.1, 0.15) is 24.6 Å². The van der Waals surface area contributed by atoms with Crippen LogP contribution in [0.5, 0.6) is 0 Å². The molecule has 1 aliphatic rings. The van der Waals surface area contributed by atoms with Gasteiger partial charge in [0.1, 0.15) is 12.1 Å². The fourth-order valence-electron chi connectivity index (χ4n) is 3.29. The quantitative estimate of drug-likeness (QED) is 0.651. The molecule has 168 valence electrons. The third-order valence-corrected chi connectivity index (χ3v) is 4.76. The van der Waals surface area contributed by atoms with Crippen molar-refractivity contribution in [3.05, 3.63) is 64.7 Å². The number of amides is 1. The lowest BCUT2D eigenvalue weighted by atomic mass is 10.1. The molecule has 1 saturated heterocycles. The number of carbonyl (C=O) groups excluding carboxylic acids is 1. The number of carbonyl (C=O) groups is 2. The molecule has 12 heteroatoms. The van der Waals surface area contributed by atoms with Crippen LogP contribution in [0, 0.1) is 0 Å². The summed E-state index contributed by atoms with van der Waals surface area (Å²) < 4.78 is 32.9. The van der Waals surface area contributed by atoms with Crippen molar-refractivity contribution in [1.82, 2.24) is 24.9 Å². The molecule has 0 aliphatic carbocycles. The first-order valence-electron chi connectivity index (χ1n) is 9.51. The monoisotopic (exact) mass is 449 g/mol. The summed E-state index contributed by atoms with van der Waals surface area (Å²) >= 11 is 0. The van der Waals surface area contributed by atoms with Crippen LogP contribution in [0.25, 0.3) is 10.9 Å². The average molecular weight is 449 g/mol. The lowest BCUT2D eigenvalue weighted by molar-refractivity contribution is -0.192. The topological polar surface area (TPSA) is 118 Å². The number of hydrogen-bond acceptors (Lipinski definition) is 6. The Morgan fingerprint density at radius 3 is 2.47 bits per heavy atom. The average Bonchev–Trinajstić information content (AvgIpc) is 3.26. The number of hydrogen-bond donors (Lipinski definition) is 1. The first-order chi connectivity index (χ1) is 15.2. The smallest absolute Gasteiger partial charge is 0.475 e. The van der Waals surface area contributed by atoms with Crippen molar-refractivity contribution >= 4 is 22.8 Å². The Balaban J connectivity index is 0.000000360. The Morgan fingerprint density at radius 2 is 1.81 bits per heavy atom. The summed E-state index contributed by atoms with van der Waals surface area (Å²) in [4.78, 5) is 40.3. The number of pyridine rings is 1. The van der Waals surface area contributed by atoms with Gasteiger partial charge in [-0.1, -0.05) is 23.4 Å². The molecule has 3 heterocycles. The summed E-state index contributed by atoms with van der Waals surface area (Å²) in [5, 5.41) is 15.5.